The second kappa shape index (κ2) is 8.82. The molecule has 2 amide bonds. The van der Waals surface area contributed by atoms with Crippen molar-refractivity contribution in [2.75, 3.05) is 31.6 Å². The van der Waals surface area contributed by atoms with Gasteiger partial charge in [0.25, 0.3) is 5.91 Å². The molecule has 1 aromatic carbocycles. The molecule has 2 saturated heterocycles. The second-order valence-corrected chi connectivity index (χ2v) is 8.10. The van der Waals surface area contributed by atoms with Crippen molar-refractivity contribution in [2.45, 2.75) is 44.7 Å². The van der Waals surface area contributed by atoms with Crippen LogP contribution < -0.4 is 4.90 Å². The molecule has 0 radical (unpaired) electrons. The van der Waals surface area contributed by atoms with Crippen molar-refractivity contribution in [3.63, 3.8) is 0 Å². The third kappa shape index (κ3) is 4.53. The largest absolute Gasteiger partial charge is 0.467 e. The Labute approximate surface area is 172 Å². The van der Waals surface area contributed by atoms with E-state index < -0.39 is 0 Å². The molecule has 0 N–H and O–H groups in total. The van der Waals surface area contributed by atoms with E-state index in [0.717, 1.165) is 56.8 Å². The fraction of sp³-hybridized carbons (Fsp3) is 0.478. The number of anilines is 1. The van der Waals surface area contributed by atoms with E-state index in [0.29, 0.717) is 18.5 Å². The number of carbonyl (C=O) groups is 2. The molecule has 1 aromatic heterocycles. The monoisotopic (exact) mass is 395 g/mol. The lowest BCUT2D eigenvalue weighted by Crippen LogP contribution is -2.46. The lowest BCUT2D eigenvalue weighted by Gasteiger charge is -2.37. The van der Waals surface area contributed by atoms with Crippen LogP contribution in [0.5, 0.6) is 0 Å². The average Bonchev–Trinajstić information content (AvgIpc) is 3.26. The van der Waals surface area contributed by atoms with Crippen molar-refractivity contribution in [1.29, 1.82) is 0 Å². The third-order valence-corrected chi connectivity index (χ3v) is 6.05. The summed E-state index contributed by atoms with van der Waals surface area (Å²) in [7, 11) is 2.12. The van der Waals surface area contributed by atoms with Gasteiger partial charge in [-0.05, 0) is 82.2 Å². The zero-order chi connectivity index (χ0) is 20.2. The number of benzene rings is 1. The van der Waals surface area contributed by atoms with E-state index in [4.69, 9.17) is 4.42 Å². The van der Waals surface area contributed by atoms with Gasteiger partial charge in [-0.15, -0.1) is 0 Å². The van der Waals surface area contributed by atoms with Crippen LogP contribution >= 0.6 is 0 Å². The SMILES string of the molecule is CN1CCC(N(Cc2ccco2)C(=O)c2ccc(N3CCCCC3=O)cc2)CC1. The van der Waals surface area contributed by atoms with Crippen molar-refractivity contribution in [2.24, 2.45) is 0 Å². The molecule has 0 bridgehead atoms. The molecule has 2 aromatic rings. The minimum absolute atomic E-state index is 0.0208. The molecule has 6 nitrogen and oxygen atoms in total. The van der Waals surface area contributed by atoms with E-state index in [1.807, 2.05) is 46.2 Å². The molecule has 154 valence electrons. The van der Waals surface area contributed by atoms with E-state index in [1.54, 1.807) is 6.26 Å². The maximum Gasteiger partial charge on any atom is 0.254 e. The molecule has 0 aliphatic carbocycles. The van der Waals surface area contributed by atoms with Crippen molar-refractivity contribution in [3.05, 3.63) is 54.0 Å². The first-order valence-corrected chi connectivity index (χ1v) is 10.5. The Morgan fingerprint density at radius 2 is 1.86 bits per heavy atom. The van der Waals surface area contributed by atoms with E-state index in [2.05, 4.69) is 11.9 Å². The Hall–Kier alpha value is -2.60. The Morgan fingerprint density at radius 3 is 2.52 bits per heavy atom. The van der Waals surface area contributed by atoms with Gasteiger partial charge in [-0.1, -0.05) is 0 Å². The van der Waals surface area contributed by atoms with Crippen LogP contribution in [0.3, 0.4) is 0 Å². The van der Waals surface area contributed by atoms with Crippen LogP contribution in [0.15, 0.2) is 47.1 Å². The van der Waals surface area contributed by atoms with Gasteiger partial charge in [0.1, 0.15) is 5.76 Å². The molecule has 6 heteroatoms. The van der Waals surface area contributed by atoms with Crippen molar-refractivity contribution >= 4 is 17.5 Å². The summed E-state index contributed by atoms with van der Waals surface area (Å²) in [4.78, 5) is 31.6. The van der Waals surface area contributed by atoms with Crippen LogP contribution in [0.2, 0.25) is 0 Å². The molecule has 2 aliphatic heterocycles. The first kappa shape index (κ1) is 19.7. The average molecular weight is 396 g/mol. The zero-order valence-electron chi connectivity index (χ0n) is 17.0. The summed E-state index contributed by atoms with van der Waals surface area (Å²) in [6, 6.07) is 11.5. The Bertz CT molecular complexity index is 824. The molecular formula is C23H29N3O3. The van der Waals surface area contributed by atoms with Crippen molar-refractivity contribution in [3.8, 4) is 0 Å². The van der Waals surface area contributed by atoms with Crippen LogP contribution in [-0.2, 0) is 11.3 Å². The van der Waals surface area contributed by atoms with Gasteiger partial charge in [0.2, 0.25) is 5.91 Å². The van der Waals surface area contributed by atoms with Gasteiger partial charge in [0.15, 0.2) is 0 Å². The molecular weight excluding hydrogens is 366 g/mol. The van der Waals surface area contributed by atoms with Crippen LogP contribution in [0.1, 0.15) is 48.2 Å². The van der Waals surface area contributed by atoms with Crippen LogP contribution in [-0.4, -0.2) is 54.3 Å². The minimum Gasteiger partial charge on any atom is -0.467 e. The number of nitrogens with zero attached hydrogens (tertiary/aromatic N) is 3. The quantitative estimate of drug-likeness (QED) is 0.777. The number of likely N-dealkylation sites (tertiary alicyclic amines) is 1. The Kier molecular flexibility index (Phi) is 6.00. The molecule has 0 saturated carbocycles. The van der Waals surface area contributed by atoms with Gasteiger partial charge >= 0.3 is 0 Å². The number of furan rings is 1. The lowest BCUT2D eigenvalue weighted by molar-refractivity contribution is -0.119. The summed E-state index contributed by atoms with van der Waals surface area (Å²) in [5.74, 6) is 0.987. The van der Waals surface area contributed by atoms with Gasteiger partial charge in [0.05, 0.1) is 12.8 Å². The van der Waals surface area contributed by atoms with Gasteiger partial charge in [0, 0.05) is 30.3 Å². The third-order valence-electron chi connectivity index (χ3n) is 6.05. The first-order chi connectivity index (χ1) is 14.1. The Morgan fingerprint density at radius 1 is 1.10 bits per heavy atom. The summed E-state index contributed by atoms with van der Waals surface area (Å²) < 4.78 is 5.52. The normalized spacial score (nSPS) is 18.8. The molecule has 3 heterocycles. The predicted octanol–water partition coefficient (Wildman–Crippen LogP) is 3.53. The maximum atomic E-state index is 13.4. The molecule has 0 unspecified atom stereocenters. The maximum absolute atomic E-state index is 13.4. The molecule has 4 rings (SSSR count). The summed E-state index contributed by atoms with van der Waals surface area (Å²) in [5, 5.41) is 0. The molecule has 0 atom stereocenters. The van der Waals surface area contributed by atoms with Crippen LogP contribution in [0.4, 0.5) is 5.69 Å². The highest BCUT2D eigenvalue weighted by Crippen LogP contribution is 2.24. The van der Waals surface area contributed by atoms with Crippen molar-refractivity contribution in [1.82, 2.24) is 9.80 Å². The smallest absolute Gasteiger partial charge is 0.254 e. The molecule has 2 fully saturated rings. The van der Waals surface area contributed by atoms with Gasteiger partial charge in [-0.25, -0.2) is 0 Å². The van der Waals surface area contributed by atoms with Gasteiger partial charge in [-0.3, -0.25) is 9.59 Å². The number of piperidine rings is 2. The van der Waals surface area contributed by atoms with E-state index in [-0.39, 0.29) is 17.9 Å². The van der Waals surface area contributed by atoms with Crippen LogP contribution in [0.25, 0.3) is 0 Å². The Balaban J connectivity index is 1.52. The second-order valence-electron chi connectivity index (χ2n) is 8.10. The van der Waals surface area contributed by atoms with Gasteiger partial charge < -0.3 is 19.1 Å². The molecule has 2 aliphatic rings. The van der Waals surface area contributed by atoms with Gasteiger partial charge in [-0.2, -0.15) is 0 Å². The van der Waals surface area contributed by atoms with Crippen molar-refractivity contribution < 1.29 is 14.0 Å². The zero-order valence-corrected chi connectivity index (χ0v) is 17.0. The number of hydrogen-bond acceptors (Lipinski definition) is 4. The molecule has 0 spiro atoms. The summed E-state index contributed by atoms with van der Waals surface area (Å²) in [6.45, 7) is 3.21. The minimum atomic E-state index is 0.0208. The molecule has 29 heavy (non-hydrogen) atoms. The fourth-order valence-corrected chi connectivity index (χ4v) is 4.27. The number of hydrogen-bond donors (Lipinski definition) is 0. The van der Waals surface area contributed by atoms with E-state index in [1.165, 1.54) is 0 Å². The predicted molar refractivity (Wildman–Crippen MR) is 112 cm³/mol. The number of amides is 2. The highest BCUT2D eigenvalue weighted by molar-refractivity contribution is 5.97. The number of rotatable bonds is 5. The topological polar surface area (TPSA) is 57.0 Å². The first-order valence-electron chi connectivity index (χ1n) is 10.5. The summed E-state index contributed by atoms with van der Waals surface area (Å²) in [5.41, 5.74) is 1.53. The lowest BCUT2D eigenvalue weighted by atomic mass is 10.0. The number of carbonyl (C=O) groups excluding carboxylic acids is 2. The van der Waals surface area contributed by atoms with E-state index >= 15 is 0 Å². The highest BCUT2D eigenvalue weighted by atomic mass is 16.3. The summed E-state index contributed by atoms with van der Waals surface area (Å²) >= 11 is 0. The van der Waals surface area contributed by atoms with Crippen LogP contribution in [0, 0.1) is 0 Å². The standard InChI is InChI=1S/C23H29N3O3/c1-24-14-11-20(12-15-24)26(17-21-5-4-16-29-21)23(28)18-7-9-19(10-8-18)25-13-3-2-6-22(25)27/h4-5,7-10,16,20H,2-3,6,11-15,17H2,1H3. The van der Waals surface area contributed by atoms with E-state index in [9.17, 15) is 9.59 Å². The highest BCUT2D eigenvalue weighted by Gasteiger charge is 2.29. The summed E-state index contributed by atoms with van der Waals surface area (Å²) in [6.07, 6.45) is 6.17. The fourth-order valence-electron chi connectivity index (χ4n) is 4.27.